The van der Waals surface area contributed by atoms with E-state index in [0.29, 0.717) is 6.04 Å². The molecule has 0 aromatic heterocycles. The van der Waals surface area contributed by atoms with Crippen molar-refractivity contribution >= 4 is 0 Å². The summed E-state index contributed by atoms with van der Waals surface area (Å²) in [6.45, 7) is 8.14. The predicted octanol–water partition coefficient (Wildman–Crippen LogP) is 1.32. The van der Waals surface area contributed by atoms with Crippen molar-refractivity contribution in [2.24, 2.45) is 0 Å². The van der Waals surface area contributed by atoms with E-state index in [0.717, 1.165) is 13.1 Å². The number of piperazine rings is 1. The molecule has 0 spiro atoms. The van der Waals surface area contributed by atoms with Gasteiger partial charge in [0.05, 0.1) is 0 Å². The Morgan fingerprint density at radius 2 is 2.17 bits per heavy atom. The van der Waals surface area contributed by atoms with E-state index >= 15 is 0 Å². The summed E-state index contributed by atoms with van der Waals surface area (Å²) in [5.74, 6) is 0. The number of hydrogen-bond acceptors (Lipinski definition) is 2. The molecule has 1 fully saturated rings. The first kappa shape index (κ1) is 9.33. The summed E-state index contributed by atoms with van der Waals surface area (Å²) in [7, 11) is 4.30. The van der Waals surface area contributed by atoms with Crippen LogP contribution in [0.4, 0.5) is 0 Å². The molecule has 0 N–H and O–H groups in total. The molecule has 68 valence electrons. The Morgan fingerprint density at radius 3 is 2.75 bits per heavy atom. The highest BCUT2D eigenvalue weighted by Gasteiger charge is 2.20. The van der Waals surface area contributed by atoms with Crippen molar-refractivity contribution in [3.63, 3.8) is 0 Å². The third-order valence-electron chi connectivity index (χ3n) is 2.43. The van der Waals surface area contributed by atoms with Crippen LogP contribution in [0, 0.1) is 0 Å². The molecule has 0 aromatic carbocycles. The highest BCUT2D eigenvalue weighted by Crippen LogP contribution is 2.14. The fourth-order valence-electron chi connectivity index (χ4n) is 1.62. The molecule has 1 unspecified atom stereocenters. The Bertz CT molecular complexity index is 196. The third kappa shape index (κ3) is 1.89. The molecule has 1 heterocycles. The Kier molecular flexibility index (Phi) is 2.93. The van der Waals surface area contributed by atoms with Gasteiger partial charge in [0.1, 0.15) is 0 Å². The lowest BCUT2D eigenvalue weighted by atomic mass is 10.1. The standard InChI is InChI=1S/C10H18N2/c1-5-6-10-8-11(3)7-9(2)12(10)4/h5-6,9H,1,7-8H2,2-4H3/b10-6-. The molecule has 1 atom stereocenters. The normalized spacial score (nSPS) is 29.4. The zero-order valence-electron chi connectivity index (χ0n) is 8.25. The molecular formula is C10H18N2. The van der Waals surface area contributed by atoms with Gasteiger partial charge in [-0.2, -0.15) is 0 Å². The Morgan fingerprint density at radius 1 is 1.50 bits per heavy atom. The smallest absolute Gasteiger partial charge is 0.0383 e. The topological polar surface area (TPSA) is 6.48 Å². The minimum Gasteiger partial charge on any atom is -0.373 e. The van der Waals surface area contributed by atoms with Crippen LogP contribution in [0.5, 0.6) is 0 Å². The molecule has 1 aliphatic heterocycles. The molecule has 1 saturated heterocycles. The van der Waals surface area contributed by atoms with Crippen molar-refractivity contribution in [1.82, 2.24) is 9.80 Å². The van der Waals surface area contributed by atoms with E-state index in [-0.39, 0.29) is 0 Å². The van der Waals surface area contributed by atoms with Crippen LogP contribution in [0.1, 0.15) is 6.92 Å². The molecular weight excluding hydrogens is 148 g/mol. The van der Waals surface area contributed by atoms with Crippen LogP contribution in [-0.4, -0.2) is 43.0 Å². The van der Waals surface area contributed by atoms with E-state index in [9.17, 15) is 0 Å². The van der Waals surface area contributed by atoms with Crippen molar-refractivity contribution in [3.8, 4) is 0 Å². The number of likely N-dealkylation sites (N-methyl/N-ethyl adjacent to an activating group) is 2. The van der Waals surface area contributed by atoms with Gasteiger partial charge >= 0.3 is 0 Å². The fourth-order valence-corrected chi connectivity index (χ4v) is 1.62. The minimum atomic E-state index is 0.606. The maximum absolute atomic E-state index is 3.72. The van der Waals surface area contributed by atoms with Gasteiger partial charge in [-0.05, 0) is 20.0 Å². The third-order valence-corrected chi connectivity index (χ3v) is 2.43. The van der Waals surface area contributed by atoms with Crippen molar-refractivity contribution in [2.45, 2.75) is 13.0 Å². The maximum Gasteiger partial charge on any atom is 0.0383 e. The van der Waals surface area contributed by atoms with Crippen molar-refractivity contribution < 1.29 is 0 Å². The number of nitrogens with zero attached hydrogens (tertiary/aromatic N) is 2. The van der Waals surface area contributed by atoms with Crippen LogP contribution >= 0.6 is 0 Å². The molecule has 2 nitrogen and oxygen atoms in total. The Hall–Kier alpha value is -0.760. The SMILES string of the molecule is C=C/C=C1/CN(C)CC(C)N1C. The first-order valence-corrected chi connectivity index (χ1v) is 4.38. The quantitative estimate of drug-likeness (QED) is 0.579. The summed E-state index contributed by atoms with van der Waals surface area (Å²) in [6, 6.07) is 0.606. The zero-order valence-corrected chi connectivity index (χ0v) is 8.25. The van der Waals surface area contributed by atoms with Crippen molar-refractivity contribution in [2.75, 3.05) is 27.2 Å². The summed E-state index contributed by atoms with van der Waals surface area (Å²) < 4.78 is 0. The van der Waals surface area contributed by atoms with Crippen LogP contribution in [0.3, 0.4) is 0 Å². The van der Waals surface area contributed by atoms with Crippen molar-refractivity contribution in [1.29, 1.82) is 0 Å². The molecule has 0 saturated carbocycles. The van der Waals surface area contributed by atoms with Gasteiger partial charge in [-0.15, -0.1) is 0 Å². The number of hydrogen-bond donors (Lipinski definition) is 0. The molecule has 0 aromatic rings. The monoisotopic (exact) mass is 166 g/mol. The maximum atomic E-state index is 3.72. The summed E-state index contributed by atoms with van der Waals surface area (Å²) in [5, 5.41) is 0. The van der Waals surface area contributed by atoms with Gasteiger partial charge in [0.15, 0.2) is 0 Å². The number of rotatable bonds is 1. The summed E-state index contributed by atoms with van der Waals surface area (Å²) in [6.07, 6.45) is 3.95. The van der Waals surface area contributed by atoms with Gasteiger partial charge in [0.25, 0.3) is 0 Å². The van der Waals surface area contributed by atoms with Gasteiger partial charge in [-0.1, -0.05) is 12.7 Å². The van der Waals surface area contributed by atoms with E-state index in [1.54, 1.807) is 0 Å². The van der Waals surface area contributed by atoms with Crippen molar-refractivity contribution in [3.05, 3.63) is 24.4 Å². The van der Waals surface area contributed by atoms with Gasteiger partial charge < -0.3 is 4.90 Å². The molecule has 2 heteroatoms. The molecule has 0 aliphatic carbocycles. The summed E-state index contributed by atoms with van der Waals surface area (Å²) in [4.78, 5) is 4.65. The molecule has 0 amide bonds. The Balaban J connectivity index is 2.72. The lowest BCUT2D eigenvalue weighted by Crippen LogP contribution is -2.46. The fraction of sp³-hybridized carbons (Fsp3) is 0.600. The zero-order chi connectivity index (χ0) is 9.14. The lowest BCUT2D eigenvalue weighted by molar-refractivity contribution is 0.171. The summed E-state index contributed by atoms with van der Waals surface area (Å²) >= 11 is 0. The van der Waals surface area contributed by atoms with Gasteiger partial charge in [0.2, 0.25) is 0 Å². The average Bonchev–Trinajstić information content (AvgIpc) is 2.00. The molecule has 1 aliphatic rings. The molecule has 1 rings (SSSR count). The predicted molar refractivity (Wildman–Crippen MR) is 53.0 cm³/mol. The first-order valence-electron chi connectivity index (χ1n) is 4.38. The Labute approximate surface area is 75.2 Å². The average molecular weight is 166 g/mol. The van der Waals surface area contributed by atoms with E-state index in [1.807, 2.05) is 6.08 Å². The van der Waals surface area contributed by atoms with Crippen LogP contribution in [0.2, 0.25) is 0 Å². The second kappa shape index (κ2) is 3.76. The van der Waals surface area contributed by atoms with E-state index < -0.39 is 0 Å². The van der Waals surface area contributed by atoms with Crippen LogP contribution < -0.4 is 0 Å². The van der Waals surface area contributed by atoms with Gasteiger partial charge in [-0.25, -0.2) is 0 Å². The second-order valence-electron chi connectivity index (χ2n) is 3.55. The highest BCUT2D eigenvalue weighted by atomic mass is 15.3. The minimum absolute atomic E-state index is 0.606. The molecule has 0 bridgehead atoms. The van der Waals surface area contributed by atoms with Crippen LogP contribution in [-0.2, 0) is 0 Å². The number of allylic oxidation sites excluding steroid dienone is 2. The first-order chi connectivity index (χ1) is 5.65. The van der Waals surface area contributed by atoms with Crippen LogP contribution in [0.25, 0.3) is 0 Å². The summed E-state index contributed by atoms with van der Waals surface area (Å²) in [5.41, 5.74) is 1.35. The van der Waals surface area contributed by atoms with Gasteiger partial charge in [-0.3, -0.25) is 4.90 Å². The molecule has 0 radical (unpaired) electrons. The largest absolute Gasteiger partial charge is 0.373 e. The van der Waals surface area contributed by atoms with Gasteiger partial charge in [0, 0.05) is 31.9 Å². The van der Waals surface area contributed by atoms with E-state index in [2.05, 4.69) is 43.5 Å². The lowest BCUT2D eigenvalue weighted by Gasteiger charge is -2.39. The van der Waals surface area contributed by atoms with E-state index in [4.69, 9.17) is 0 Å². The highest BCUT2D eigenvalue weighted by molar-refractivity contribution is 5.13. The van der Waals surface area contributed by atoms with E-state index in [1.165, 1.54) is 5.70 Å². The second-order valence-corrected chi connectivity index (χ2v) is 3.55. The molecule has 12 heavy (non-hydrogen) atoms. The van der Waals surface area contributed by atoms with Crippen LogP contribution in [0.15, 0.2) is 24.4 Å².